The fourth-order valence-electron chi connectivity index (χ4n) is 1.86. The first-order valence-corrected chi connectivity index (χ1v) is 12.1. The SMILES string of the molecule is CCCSP(=O)(NCC)N(CCC#N)S(=O)(=O)c1ccccc1. The van der Waals surface area contributed by atoms with E-state index in [0.717, 1.165) is 21.9 Å². The minimum Gasteiger partial charge on any atom is -0.276 e. The summed E-state index contributed by atoms with van der Waals surface area (Å²) in [5.41, 5.74) is 0. The normalized spacial score (nSPS) is 14.3. The van der Waals surface area contributed by atoms with Crippen LogP contribution in [0.5, 0.6) is 0 Å². The van der Waals surface area contributed by atoms with Crippen molar-refractivity contribution in [2.75, 3.05) is 18.8 Å². The van der Waals surface area contributed by atoms with Crippen molar-refractivity contribution in [3.05, 3.63) is 30.3 Å². The van der Waals surface area contributed by atoms with Gasteiger partial charge in [-0.2, -0.15) is 5.26 Å². The first kappa shape index (κ1) is 20.2. The zero-order valence-electron chi connectivity index (χ0n) is 13.3. The highest BCUT2D eigenvalue weighted by atomic mass is 32.7. The first-order chi connectivity index (χ1) is 10.9. The fourth-order valence-corrected chi connectivity index (χ4v) is 9.89. The van der Waals surface area contributed by atoms with Gasteiger partial charge in [0.25, 0.3) is 6.65 Å². The minimum absolute atomic E-state index is 0.0197. The highest BCUT2D eigenvalue weighted by Crippen LogP contribution is 2.60. The molecular weight excluding hydrogens is 353 g/mol. The Balaban J connectivity index is 3.31. The molecule has 0 bridgehead atoms. The molecule has 0 spiro atoms. The predicted octanol–water partition coefficient (Wildman–Crippen LogP) is 3.45. The maximum Gasteiger partial charge on any atom is 0.282 e. The van der Waals surface area contributed by atoms with Gasteiger partial charge >= 0.3 is 0 Å². The lowest BCUT2D eigenvalue weighted by molar-refractivity contribution is 0.500. The van der Waals surface area contributed by atoms with Crippen LogP contribution in [0.15, 0.2) is 35.2 Å². The van der Waals surface area contributed by atoms with Crippen molar-refractivity contribution in [2.45, 2.75) is 31.6 Å². The zero-order chi connectivity index (χ0) is 17.3. The van der Waals surface area contributed by atoms with E-state index in [1.165, 1.54) is 12.1 Å². The van der Waals surface area contributed by atoms with Crippen LogP contribution in [-0.2, 0) is 14.6 Å². The van der Waals surface area contributed by atoms with Crippen LogP contribution in [0.3, 0.4) is 0 Å². The molecule has 1 N–H and O–H groups in total. The number of rotatable bonds is 10. The van der Waals surface area contributed by atoms with Crippen LogP contribution in [0.25, 0.3) is 0 Å². The van der Waals surface area contributed by atoms with Gasteiger partial charge in [0.2, 0.25) is 10.0 Å². The molecule has 0 heterocycles. The fraction of sp³-hybridized carbons (Fsp3) is 0.500. The van der Waals surface area contributed by atoms with E-state index in [1.54, 1.807) is 25.1 Å². The molecule has 1 unspecified atom stereocenters. The van der Waals surface area contributed by atoms with Crippen LogP contribution in [-0.4, -0.2) is 31.3 Å². The molecule has 1 rings (SSSR count). The summed E-state index contributed by atoms with van der Waals surface area (Å²) >= 11 is 1.11. The molecule has 0 aliphatic heterocycles. The molecule has 0 fully saturated rings. The molecule has 0 radical (unpaired) electrons. The molecule has 1 aromatic carbocycles. The second kappa shape index (κ2) is 9.45. The summed E-state index contributed by atoms with van der Waals surface area (Å²) in [6.07, 6.45) is 0.756. The molecule has 6 nitrogen and oxygen atoms in total. The third kappa shape index (κ3) is 5.33. The van der Waals surface area contributed by atoms with Gasteiger partial charge in [0, 0.05) is 25.3 Å². The standard InChI is InChI=1S/C14H22N3O3PS2/c1-3-13-22-21(18,16-4-2)17(12-8-11-15)23(19,20)14-9-6-5-7-10-14/h5-7,9-10H,3-4,8,12-13H2,1-2H3,(H,16,18). The number of nitriles is 1. The van der Waals surface area contributed by atoms with Crippen LogP contribution in [0.1, 0.15) is 26.7 Å². The predicted molar refractivity (Wildman–Crippen MR) is 94.6 cm³/mol. The Labute approximate surface area is 142 Å². The molecule has 0 amide bonds. The summed E-state index contributed by atoms with van der Waals surface area (Å²) in [4.78, 5) is 0.0770. The maximum absolute atomic E-state index is 13.3. The molecule has 0 saturated heterocycles. The Morgan fingerprint density at radius 3 is 2.48 bits per heavy atom. The summed E-state index contributed by atoms with van der Waals surface area (Å²) < 4.78 is 40.1. The Bertz CT molecular complexity index is 674. The van der Waals surface area contributed by atoms with Gasteiger partial charge in [-0.1, -0.05) is 43.4 Å². The van der Waals surface area contributed by atoms with Gasteiger partial charge in [0.05, 0.1) is 11.0 Å². The second-order valence-corrected chi connectivity index (χ2v) is 11.5. The largest absolute Gasteiger partial charge is 0.282 e. The smallest absolute Gasteiger partial charge is 0.276 e. The molecule has 0 aliphatic rings. The third-order valence-electron chi connectivity index (χ3n) is 2.86. The maximum atomic E-state index is 13.3. The van der Waals surface area contributed by atoms with Gasteiger partial charge in [-0.3, -0.25) is 4.57 Å². The highest BCUT2D eigenvalue weighted by molar-refractivity contribution is 8.57. The van der Waals surface area contributed by atoms with E-state index in [2.05, 4.69) is 5.09 Å². The topological polar surface area (TPSA) is 90.3 Å². The Kier molecular flexibility index (Phi) is 8.31. The van der Waals surface area contributed by atoms with Gasteiger partial charge in [0.15, 0.2) is 0 Å². The van der Waals surface area contributed by atoms with E-state index >= 15 is 0 Å². The Morgan fingerprint density at radius 2 is 1.96 bits per heavy atom. The number of nitrogens with one attached hydrogen (secondary N) is 1. The Hall–Kier alpha value is -0.840. The van der Waals surface area contributed by atoms with Crippen LogP contribution < -0.4 is 5.09 Å². The molecule has 1 atom stereocenters. The van der Waals surface area contributed by atoms with Crippen molar-refractivity contribution >= 4 is 28.1 Å². The van der Waals surface area contributed by atoms with Crippen LogP contribution in [0.2, 0.25) is 0 Å². The molecule has 0 saturated carbocycles. The molecular formula is C14H22N3O3PS2. The second-order valence-electron chi connectivity index (χ2n) is 4.64. The summed E-state index contributed by atoms with van der Waals surface area (Å²) in [5.74, 6) is 0.567. The summed E-state index contributed by atoms with van der Waals surface area (Å²) in [7, 11) is -3.95. The van der Waals surface area contributed by atoms with E-state index in [4.69, 9.17) is 5.26 Å². The van der Waals surface area contributed by atoms with Crippen molar-refractivity contribution in [1.29, 1.82) is 5.26 Å². The number of benzene rings is 1. The van der Waals surface area contributed by atoms with Crippen LogP contribution in [0.4, 0.5) is 0 Å². The average Bonchev–Trinajstić information content (AvgIpc) is 2.54. The molecule has 0 aliphatic carbocycles. The van der Waals surface area contributed by atoms with Crippen molar-refractivity contribution in [2.24, 2.45) is 0 Å². The van der Waals surface area contributed by atoms with E-state index < -0.39 is 16.7 Å². The number of hydrogen-bond acceptors (Lipinski definition) is 5. The number of hydrogen-bond donors (Lipinski definition) is 1. The minimum atomic E-state index is -3.95. The quantitative estimate of drug-likeness (QED) is 0.630. The van der Waals surface area contributed by atoms with Gasteiger partial charge < -0.3 is 0 Å². The molecule has 23 heavy (non-hydrogen) atoms. The van der Waals surface area contributed by atoms with Crippen molar-refractivity contribution in [3.8, 4) is 6.07 Å². The molecule has 0 aromatic heterocycles. The van der Waals surface area contributed by atoms with E-state index in [0.29, 0.717) is 12.3 Å². The summed E-state index contributed by atoms with van der Waals surface area (Å²) in [6, 6.07) is 9.82. The van der Waals surface area contributed by atoms with E-state index in [-0.39, 0.29) is 17.9 Å². The van der Waals surface area contributed by atoms with Crippen LogP contribution >= 0.6 is 18.0 Å². The van der Waals surface area contributed by atoms with Gasteiger partial charge in [0.1, 0.15) is 0 Å². The lowest BCUT2D eigenvalue weighted by Gasteiger charge is -2.30. The average molecular weight is 375 g/mol. The van der Waals surface area contributed by atoms with Crippen molar-refractivity contribution < 1.29 is 13.0 Å². The molecule has 1 aromatic rings. The summed E-state index contributed by atoms with van der Waals surface area (Å²) in [5, 5.41) is 11.7. The lowest BCUT2D eigenvalue weighted by atomic mass is 10.4. The molecule has 9 heteroatoms. The molecule has 128 valence electrons. The van der Waals surface area contributed by atoms with Crippen molar-refractivity contribution in [3.63, 3.8) is 0 Å². The van der Waals surface area contributed by atoms with Crippen LogP contribution in [0, 0.1) is 11.3 Å². The summed E-state index contributed by atoms with van der Waals surface area (Å²) in [6.45, 7) is 0.586. The zero-order valence-corrected chi connectivity index (χ0v) is 15.8. The van der Waals surface area contributed by atoms with Crippen molar-refractivity contribution in [1.82, 2.24) is 9.16 Å². The third-order valence-corrected chi connectivity index (χ3v) is 11.1. The highest BCUT2D eigenvalue weighted by Gasteiger charge is 2.39. The van der Waals surface area contributed by atoms with Gasteiger partial charge in [-0.05, 0) is 18.6 Å². The Morgan fingerprint density at radius 1 is 1.30 bits per heavy atom. The number of sulfonamides is 1. The monoisotopic (exact) mass is 375 g/mol. The van der Waals surface area contributed by atoms with E-state index in [9.17, 15) is 13.0 Å². The lowest BCUT2D eigenvalue weighted by Crippen LogP contribution is -2.33. The number of nitrogens with zero attached hydrogens (tertiary/aromatic N) is 2. The van der Waals surface area contributed by atoms with Gasteiger partial charge in [-0.15, -0.1) is 4.08 Å². The van der Waals surface area contributed by atoms with E-state index in [1.807, 2.05) is 13.0 Å². The first-order valence-electron chi connectivity index (χ1n) is 7.37. The van der Waals surface area contributed by atoms with Gasteiger partial charge in [-0.25, -0.2) is 13.5 Å².